The van der Waals surface area contributed by atoms with Gasteiger partial charge in [-0.2, -0.15) is 0 Å². The van der Waals surface area contributed by atoms with Crippen molar-refractivity contribution in [3.63, 3.8) is 0 Å². The molecule has 0 radical (unpaired) electrons. The first-order valence-electron chi connectivity index (χ1n) is 16.8. The molecule has 50 heavy (non-hydrogen) atoms. The lowest BCUT2D eigenvalue weighted by atomic mass is 9.89. The molecule has 7 aromatic carbocycles. The Morgan fingerprint density at radius 2 is 1.02 bits per heavy atom. The molecule has 2 heterocycles. The number of benzene rings is 7. The number of rotatable bonds is 6. The molecule has 0 spiro atoms. The first kappa shape index (κ1) is 29.9. The van der Waals surface area contributed by atoms with Crippen LogP contribution in [0.4, 0.5) is 0 Å². The van der Waals surface area contributed by atoms with Gasteiger partial charge in [-0.1, -0.05) is 152 Å². The number of para-hydroxylation sites is 1. The van der Waals surface area contributed by atoms with E-state index in [2.05, 4.69) is 96.0 Å². The largest absolute Gasteiger partial charge is 0.309 e. The highest BCUT2D eigenvalue weighted by molar-refractivity contribution is 7.85. The minimum Gasteiger partial charge on any atom is -0.309 e. The molecular formula is C46H31N2OP. The fourth-order valence-corrected chi connectivity index (χ4v) is 9.92. The Hall–Kier alpha value is -6.15. The summed E-state index contributed by atoms with van der Waals surface area (Å²) in [6.45, 7) is 0. The van der Waals surface area contributed by atoms with Crippen LogP contribution in [0.2, 0.25) is 0 Å². The summed E-state index contributed by atoms with van der Waals surface area (Å²) in [6.07, 6.45) is 3.69. The first-order valence-corrected chi connectivity index (χ1v) is 18.5. The van der Waals surface area contributed by atoms with Crippen molar-refractivity contribution in [1.29, 1.82) is 0 Å². The highest BCUT2D eigenvalue weighted by atomic mass is 31.2. The Morgan fingerprint density at radius 1 is 0.420 bits per heavy atom. The topological polar surface area (TPSA) is 42.9 Å². The lowest BCUT2D eigenvalue weighted by molar-refractivity contribution is 0.592. The zero-order valence-corrected chi connectivity index (χ0v) is 28.0. The zero-order valence-electron chi connectivity index (χ0n) is 27.1. The van der Waals surface area contributed by atoms with E-state index in [9.17, 15) is 0 Å². The number of aromatic nitrogens is 2. The molecule has 2 aromatic heterocycles. The highest BCUT2D eigenvalue weighted by Gasteiger charge is 2.30. The lowest BCUT2D eigenvalue weighted by Crippen LogP contribution is -2.25. The molecule has 4 heteroatoms. The van der Waals surface area contributed by atoms with E-state index in [1.54, 1.807) is 6.20 Å². The SMILES string of the molecule is O=P(c1ccccc1)(c1ccccc1)c1cccc(-c2nc3ccccc3c3c2cc(-c2ccc(-c4cccnc4)cc2)c2ccccc23)c1. The molecule has 0 atom stereocenters. The highest BCUT2D eigenvalue weighted by Crippen LogP contribution is 2.45. The smallest absolute Gasteiger partial charge is 0.171 e. The van der Waals surface area contributed by atoms with E-state index in [-0.39, 0.29) is 0 Å². The van der Waals surface area contributed by atoms with Crippen LogP contribution in [-0.2, 0) is 4.57 Å². The summed E-state index contributed by atoms with van der Waals surface area (Å²) in [5, 5.41) is 8.08. The number of hydrogen-bond donors (Lipinski definition) is 0. The molecule has 0 fully saturated rings. The molecule has 0 aliphatic rings. The molecule has 0 amide bonds. The van der Waals surface area contributed by atoms with Crippen LogP contribution in [-0.4, -0.2) is 9.97 Å². The van der Waals surface area contributed by atoms with Crippen molar-refractivity contribution >= 4 is 55.5 Å². The average Bonchev–Trinajstić information content (AvgIpc) is 3.21. The molecule has 0 unspecified atom stereocenters. The maximum Gasteiger partial charge on any atom is 0.171 e. The van der Waals surface area contributed by atoms with E-state index in [0.29, 0.717) is 0 Å². The molecular weight excluding hydrogens is 627 g/mol. The van der Waals surface area contributed by atoms with Crippen LogP contribution in [0.25, 0.3) is 66.0 Å². The maximum atomic E-state index is 15.4. The predicted molar refractivity (Wildman–Crippen MR) is 210 cm³/mol. The standard InChI is InChI=1S/C46H31N2OP/c49-50(36-15-3-1-4-16-36,37-17-5-2-6-18-37)38-19-11-13-34(29-38)46-43-30-42(33-26-24-32(25-27-33)35-14-12-28-47-31-35)39-20-7-8-21-40(39)45(43)41-22-9-10-23-44(41)48-46/h1-31H. The first-order chi connectivity index (χ1) is 24.7. The fraction of sp³-hybridized carbons (Fsp3) is 0. The van der Waals surface area contributed by atoms with Gasteiger partial charge in [0.2, 0.25) is 0 Å². The molecule has 0 aliphatic heterocycles. The van der Waals surface area contributed by atoms with Crippen LogP contribution >= 0.6 is 7.14 Å². The Labute approximate surface area is 290 Å². The average molecular weight is 659 g/mol. The van der Waals surface area contributed by atoms with Gasteiger partial charge in [0, 0.05) is 50.0 Å². The summed E-state index contributed by atoms with van der Waals surface area (Å²) in [5.41, 5.74) is 7.20. The van der Waals surface area contributed by atoms with Crippen LogP contribution in [0.3, 0.4) is 0 Å². The minimum absolute atomic E-state index is 0.780. The second-order valence-electron chi connectivity index (χ2n) is 12.5. The van der Waals surface area contributed by atoms with Gasteiger partial charge in [-0.25, -0.2) is 4.98 Å². The number of nitrogens with zero attached hydrogens (tertiary/aromatic N) is 2. The Balaban J connectivity index is 1.30. The molecule has 0 N–H and O–H groups in total. The molecule has 0 saturated heterocycles. The van der Waals surface area contributed by atoms with E-state index < -0.39 is 7.14 Å². The van der Waals surface area contributed by atoms with E-state index in [4.69, 9.17) is 4.98 Å². The summed E-state index contributed by atoms with van der Waals surface area (Å²) in [5.74, 6) is 0. The number of fused-ring (bicyclic) bond motifs is 5. The van der Waals surface area contributed by atoms with E-state index in [0.717, 1.165) is 71.1 Å². The summed E-state index contributed by atoms with van der Waals surface area (Å²) in [6, 6.07) is 60.0. The van der Waals surface area contributed by atoms with Crippen molar-refractivity contribution in [1.82, 2.24) is 9.97 Å². The van der Waals surface area contributed by atoms with Gasteiger partial charge in [-0.15, -0.1) is 0 Å². The molecule has 0 bridgehead atoms. The summed E-state index contributed by atoms with van der Waals surface area (Å²) in [4.78, 5) is 9.65. The Bertz CT molecular complexity index is 2670. The quantitative estimate of drug-likeness (QED) is 0.132. The van der Waals surface area contributed by atoms with Crippen molar-refractivity contribution in [2.75, 3.05) is 0 Å². The summed E-state index contributed by atoms with van der Waals surface area (Å²) < 4.78 is 15.4. The number of hydrogen-bond acceptors (Lipinski definition) is 3. The lowest BCUT2D eigenvalue weighted by Gasteiger charge is -2.21. The fourth-order valence-electron chi connectivity index (χ4n) is 7.22. The van der Waals surface area contributed by atoms with Crippen LogP contribution in [0.1, 0.15) is 0 Å². The van der Waals surface area contributed by atoms with Crippen molar-refractivity contribution in [2.45, 2.75) is 0 Å². The molecule has 9 aromatic rings. The van der Waals surface area contributed by atoms with Crippen LogP contribution in [0.15, 0.2) is 188 Å². The molecule has 9 rings (SSSR count). The molecule has 0 aliphatic carbocycles. The van der Waals surface area contributed by atoms with Gasteiger partial charge >= 0.3 is 0 Å². The van der Waals surface area contributed by atoms with Gasteiger partial charge in [0.15, 0.2) is 7.14 Å². The summed E-state index contributed by atoms with van der Waals surface area (Å²) in [7, 11) is -3.19. The Morgan fingerprint density at radius 3 is 1.72 bits per heavy atom. The van der Waals surface area contributed by atoms with E-state index >= 15 is 4.57 Å². The molecule has 236 valence electrons. The minimum atomic E-state index is -3.19. The Kier molecular flexibility index (Phi) is 7.42. The zero-order chi connectivity index (χ0) is 33.5. The van der Waals surface area contributed by atoms with Crippen LogP contribution in [0, 0.1) is 0 Å². The van der Waals surface area contributed by atoms with Crippen molar-refractivity contribution in [2.24, 2.45) is 0 Å². The van der Waals surface area contributed by atoms with Gasteiger partial charge in [0.05, 0.1) is 11.2 Å². The van der Waals surface area contributed by atoms with Gasteiger partial charge in [0.25, 0.3) is 0 Å². The normalized spacial score (nSPS) is 11.7. The van der Waals surface area contributed by atoms with Crippen molar-refractivity contribution in [3.05, 3.63) is 188 Å². The third-order valence-corrected chi connectivity index (χ3v) is 12.7. The second-order valence-corrected chi connectivity index (χ2v) is 15.3. The second kappa shape index (κ2) is 12.4. The maximum absolute atomic E-state index is 15.4. The summed E-state index contributed by atoms with van der Waals surface area (Å²) >= 11 is 0. The van der Waals surface area contributed by atoms with Crippen LogP contribution < -0.4 is 15.9 Å². The van der Waals surface area contributed by atoms with E-state index in [1.807, 2.05) is 91.1 Å². The third kappa shape index (κ3) is 5.03. The molecule has 0 saturated carbocycles. The van der Waals surface area contributed by atoms with E-state index in [1.165, 1.54) is 10.8 Å². The van der Waals surface area contributed by atoms with Crippen LogP contribution in [0.5, 0.6) is 0 Å². The van der Waals surface area contributed by atoms with Gasteiger partial charge < -0.3 is 4.57 Å². The predicted octanol–water partition coefficient (Wildman–Crippen LogP) is 10.6. The van der Waals surface area contributed by atoms with Crippen molar-refractivity contribution < 1.29 is 4.57 Å². The monoisotopic (exact) mass is 658 g/mol. The third-order valence-electron chi connectivity index (χ3n) is 9.62. The van der Waals surface area contributed by atoms with Crippen molar-refractivity contribution in [3.8, 4) is 33.5 Å². The number of pyridine rings is 2. The molecule has 3 nitrogen and oxygen atoms in total. The van der Waals surface area contributed by atoms with Gasteiger partial charge in [-0.05, 0) is 57.3 Å². The van der Waals surface area contributed by atoms with Gasteiger partial charge in [0.1, 0.15) is 0 Å². The van der Waals surface area contributed by atoms with Gasteiger partial charge in [-0.3, -0.25) is 4.98 Å².